The van der Waals surface area contributed by atoms with Crippen molar-refractivity contribution in [1.29, 1.82) is 0 Å². The fourth-order valence-corrected chi connectivity index (χ4v) is 7.90. The second-order valence-electron chi connectivity index (χ2n) is 16.5. The lowest BCUT2D eigenvalue weighted by Gasteiger charge is -2.32. The molecule has 0 radical (unpaired) electrons. The molecule has 1 fully saturated rings. The van der Waals surface area contributed by atoms with Crippen molar-refractivity contribution < 1.29 is 27.5 Å². The van der Waals surface area contributed by atoms with Crippen LogP contribution in [0, 0.1) is 19.8 Å². The lowest BCUT2D eigenvalue weighted by Crippen LogP contribution is -2.35. The molecule has 1 saturated heterocycles. The molecule has 0 saturated carbocycles. The van der Waals surface area contributed by atoms with E-state index in [1.54, 1.807) is 36.4 Å². The van der Waals surface area contributed by atoms with Crippen LogP contribution in [0.25, 0.3) is 10.8 Å². The van der Waals surface area contributed by atoms with E-state index in [0.717, 1.165) is 59.1 Å². The van der Waals surface area contributed by atoms with Crippen LogP contribution in [-0.4, -0.2) is 84.1 Å². The Kier molecular flexibility index (Phi) is 15.3. The number of nitrogens with zero attached hydrogens (tertiary/aromatic N) is 8. The molecule has 0 spiro atoms. The molecule has 356 valence electrons. The third-order valence-electron chi connectivity index (χ3n) is 11.7. The number of piperidine rings is 1. The van der Waals surface area contributed by atoms with E-state index in [0.29, 0.717) is 78.5 Å². The number of carbonyl (C=O) groups excluding carboxylic acids is 2. The third kappa shape index (κ3) is 13.6. The average Bonchev–Trinajstić information content (AvgIpc) is 3.34. The van der Waals surface area contributed by atoms with Crippen LogP contribution in [0.3, 0.4) is 0 Å². The van der Waals surface area contributed by atoms with Gasteiger partial charge in [0.1, 0.15) is 18.4 Å². The Morgan fingerprint density at radius 1 is 0.667 bits per heavy atom. The summed E-state index contributed by atoms with van der Waals surface area (Å²) in [6.07, 6.45) is 2.40. The van der Waals surface area contributed by atoms with Gasteiger partial charge in [-0.3, -0.25) is 19.5 Å². The molecule has 1 aliphatic heterocycles. The van der Waals surface area contributed by atoms with E-state index >= 15 is 0 Å². The first kappa shape index (κ1) is 47.5. The molecule has 4 heterocycles. The van der Waals surface area contributed by atoms with Crippen molar-refractivity contribution >= 4 is 69.1 Å². The number of alkyl halides is 3. The Hall–Kier alpha value is -8.00. The quantitative estimate of drug-likeness (QED) is 0.0447. The van der Waals surface area contributed by atoms with Gasteiger partial charge in [0.05, 0.1) is 0 Å². The van der Waals surface area contributed by atoms with Gasteiger partial charge in [-0.1, -0.05) is 48.5 Å². The molecule has 69 heavy (non-hydrogen) atoms. The van der Waals surface area contributed by atoms with Gasteiger partial charge in [0.15, 0.2) is 0 Å². The predicted octanol–water partition coefficient (Wildman–Crippen LogP) is 8.94. The van der Waals surface area contributed by atoms with Gasteiger partial charge in [-0.15, -0.1) is 13.2 Å². The Balaban J connectivity index is 0.763. The normalized spacial score (nSPS) is 13.1. The molecule has 1 aliphatic rings. The maximum absolute atomic E-state index is 13.1. The zero-order valence-electron chi connectivity index (χ0n) is 38.0. The zero-order chi connectivity index (χ0) is 48.2. The first-order chi connectivity index (χ1) is 33.4. The van der Waals surface area contributed by atoms with Gasteiger partial charge in [-0.05, 0) is 110 Å². The van der Waals surface area contributed by atoms with Gasteiger partial charge in [-0.2, -0.15) is 9.97 Å². The van der Waals surface area contributed by atoms with Gasteiger partial charge in [0, 0.05) is 78.9 Å². The molecule has 3 aromatic heterocycles. The molecule has 2 amide bonds. The molecule has 20 heteroatoms. The summed E-state index contributed by atoms with van der Waals surface area (Å²) in [5.74, 6) is 0.992. The van der Waals surface area contributed by atoms with Crippen molar-refractivity contribution in [3.05, 3.63) is 132 Å². The van der Waals surface area contributed by atoms with E-state index < -0.39 is 6.36 Å². The number of carbonyl (C=O) groups is 2. The highest BCUT2D eigenvalue weighted by Crippen LogP contribution is 2.29. The Bertz CT molecular complexity index is 2870. The topological polar surface area (TPSA) is 209 Å². The number of pyridine rings is 1. The van der Waals surface area contributed by atoms with Crippen LogP contribution in [0.5, 0.6) is 5.75 Å². The summed E-state index contributed by atoms with van der Waals surface area (Å²) in [6.45, 7) is 7.30. The van der Waals surface area contributed by atoms with Crippen LogP contribution in [0.2, 0.25) is 0 Å². The van der Waals surface area contributed by atoms with Crippen molar-refractivity contribution in [2.45, 2.75) is 58.9 Å². The smallest absolute Gasteiger partial charge is 0.406 e. The second-order valence-corrected chi connectivity index (χ2v) is 16.5. The molecule has 4 aromatic carbocycles. The number of aromatic nitrogens is 7. The van der Waals surface area contributed by atoms with E-state index in [4.69, 9.17) is 0 Å². The lowest BCUT2D eigenvalue weighted by molar-refractivity contribution is -0.274. The molecule has 6 N–H and O–H groups in total. The van der Waals surface area contributed by atoms with Gasteiger partial charge >= 0.3 is 6.36 Å². The molecule has 0 bridgehead atoms. The minimum absolute atomic E-state index is 0.0436. The summed E-state index contributed by atoms with van der Waals surface area (Å²) >= 11 is 0. The molecule has 0 unspecified atom stereocenters. The van der Waals surface area contributed by atoms with Crippen molar-refractivity contribution in [1.82, 2.24) is 39.8 Å². The number of halogens is 3. The van der Waals surface area contributed by atoms with E-state index in [1.807, 2.05) is 50.4 Å². The van der Waals surface area contributed by atoms with Crippen molar-refractivity contribution in [3.8, 4) is 5.75 Å². The minimum Gasteiger partial charge on any atom is -0.406 e. The highest BCUT2D eigenvalue weighted by molar-refractivity contribution is 5.98. The fourth-order valence-electron chi connectivity index (χ4n) is 7.90. The number of hydrogen-bond donors (Lipinski definition) is 6. The monoisotopic (exact) mass is 940 g/mol. The average molecular weight is 941 g/mol. The summed E-state index contributed by atoms with van der Waals surface area (Å²) < 4.78 is 41.5. The summed E-state index contributed by atoms with van der Waals surface area (Å²) in [4.78, 5) is 59.2. The number of fused-ring (bicyclic) bond motifs is 1. The number of likely N-dealkylation sites (tertiary alicyclic amines) is 1. The van der Waals surface area contributed by atoms with Crippen LogP contribution in [0.1, 0.15) is 48.1 Å². The summed E-state index contributed by atoms with van der Waals surface area (Å²) in [7, 11) is 0. The predicted molar refractivity (Wildman–Crippen MR) is 259 cm³/mol. The van der Waals surface area contributed by atoms with E-state index in [2.05, 4.69) is 88.6 Å². The highest BCUT2D eigenvalue weighted by atomic mass is 19.4. The van der Waals surface area contributed by atoms with Crippen LogP contribution >= 0.6 is 0 Å². The van der Waals surface area contributed by atoms with Crippen molar-refractivity contribution in [2.24, 2.45) is 5.92 Å². The number of hydrogen-bond acceptors (Lipinski definition) is 15. The number of rotatable bonds is 19. The standard InChI is InChI=1S/C49H51F3N14O3/c1-31-38(9-5-11-40(31)62-47-58-29-56-45(64-47)54-24-20-42-37-8-4-3-7-35(37)19-23-53-42)60-43(67)17-18-44(68)61-39-10-6-12-41(32(39)2)63-48-59-30-57-46(65-48)55-27-33-21-25-66(26-22-33)28-34-13-15-36(16-14-34)69-49(50,51)52/h3-16,19,23,29-30,33H,17-18,20-22,24-28H2,1-2H3,(H,60,67)(H,61,68)(H2,54,56,58,62,64)(H2,55,57,59,63,65). The maximum Gasteiger partial charge on any atom is 0.573 e. The maximum atomic E-state index is 13.1. The molecular weight excluding hydrogens is 890 g/mol. The molecule has 0 aliphatic carbocycles. The summed E-state index contributed by atoms with van der Waals surface area (Å²) in [6, 6.07) is 27.0. The second kappa shape index (κ2) is 22.2. The van der Waals surface area contributed by atoms with E-state index in [9.17, 15) is 22.8 Å². The van der Waals surface area contributed by atoms with E-state index in [-0.39, 0.29) is 30.4 Å². The number of ether oxygens (including phenoxy) is 1. The minimum atomic E-state index is -4.71. The molecule has 0 atom stereocenters. The van der Waals surface area contributed by atoms with Crippen LogP contribution in [0.15, 0.2) is 110 Å². The Morgan fingerprint density at radius 3 is 1.84 bits per heavy atom. The number of nitrogens with one attached hydrogen (secondary N) is 6. The first-order valence-corrected chi connectivity index (χ1v) is 22.5. The van der Waals surface area contributed by atoms with Crippen molar-refractivity contribution in [2.75, 3.05) is 58.1 Å². The lowest BCUT2D eigenvalue weighted by atomic mass is 9.96. The van der Waals surface area contributed by atoms with Crippen LogP contribution in [0.4, 0.5) is 59.7 Å². The van der Waals surface area contributed by atoms with Crippen LogP contribution in [-0.2, 0) is 22.6 Å². The highest BCUT2D eigenvalue weighted by Gasteiger charge is 2.31. The van der Waals surface area contributed by atoms with E-state index in [1.165, 1.54) is 24.8 Å². The Labute approximate surface area is 396 Å². The fraction of sp³-hybridized carbons (Fsp3) is 0.286. The van der Waals surface area contributed by atoms with Gasteiger partial charge in [0.2, 0.25) is 35.6 Å². The Morgan fingerprint density at radius 2 is 1.23 bits per heavy atom. The van der Waals surface area contributed by atoms with Gasteiger partial charge in [0.25, 0.3) is 0 Å². The third-order valence-corrected chi connectivity index (χ3v) is 11.7. The number of anilines is 8. The zero-order valence-corrected chi connectivity index (χ0v) is 38.0. The molecule has 7 aromatic rings. The number of benzene rings is 4. The number of amides is 2. The molecule has 8 rings (SSSR count). The molecule has 17 nitrogen and oxygen atoms in total. The van der Waals surface area contributed by atoms with Crippen molar-refractivity contribution in [3.63, 3.8) is 0 Å². The summed E-state index contributed by atoms with van der Waals surface area (Å²) in [5.41, 5.74) is 5.95. The summed E-state index contributed by atoms with van der Waals surface area (Å²) in [5, 5.41) is 21.1. The van der Waals surface area contributed by atoms with Crippen LogP contribution < -0.4 is 36.6 Å². The molecular formula is C49H51F3N14O3. The SMILES string of the molecule is Cc1c(NC(=O)CCC(=O)Nc2cccc(Nc3ncnc(NCC4CCN(Cc5ccc(OC(F)(F)F)cc5)CC4)n3)c2C)cccc1Nc1ncnc(NCCc2nccc3ccccc23)n1. The first-order valence-electron chi connectivity index (χ1n) is 22.5. The van der Waals surface area contributed by atoms with Gasteiger partial charge in [-0.25, -0.2) is 19.9 Å². The largest absolute Gasteiger partial charge is 0.573 e. The van der Waals surface area contributed by atoms with Gasteiger partial charge < -0.3 is 36.6 Å².